The minimum Gasteiger partial charge on any atom is -0.445 e. The van der Waals surface area contributed by atoms with Crippen LogP contribution in [0.4, 0.5) is 31.9 Å². The number of hydrogen-bond acceptors (Lipinski definition) is 7. The minimum atomic E-state index is -1.36. The van der Waals surface area contributed by atoms with Crippen LogP contribution in [0.5, 0.6) is 0 Å². The Balaban J connectivity index is 0.000000226. The number of aliphatic hydroxyl groups is 1. The number of likely N-dealkylation sites (tertiary alicyclic amines) is 1. The van der Waals surface area contributed by atoms with Crippen LogP contribution in [0.1, 0.15) is 50.3 Å². The molecule has 3 aromatic carbocycles. The van der Waals surface area contributed by atoms with Crippen LogP contribution in [-0.4, -0.2) is 126 Å². The maximum Gasteiger partial charge on any atom is 0.410 e. The van der Waals surface area contributed by atoms with Crippen LogP contribution in [0.15, 0.2) is 84.9 Å². The first-order valence-electron chi connectivity index (χ1n) is 19.3. The van der Waals surface area contributed by atoms with Crippen molar-refractivity contribution in [3.63, 3.8) is 0 Å². The molecule has 0 bridgehead atoms. The number of amides is 4. The van der Waals surface area contributed by atoms with Gasteiger partial charge in [0.25, 0.3) is 0 Å². The smallest absolute Gasteiger partial charge is 0.410 e. The van der Waals surface area contributed by atoms with E-state index in [1.807, 2.05) is 30.3 Å². The molecule has 11 nitrogen and oxygen atoms in total. The topological polar surface area (TPSA) is 115 Å². The first-order chi connectivity index (χ1) is 27.5. The summed E-state index contributed by atoms with van der Waals surface area (Å²) in [6.07, 6.45) is -1.30. The fourth-order valence-corrected chi connectivity index (χ4v) is 7.41. The predicted octanol–water partition coefficient (Wildman–Crippen LogP) is 6.91. The number of carbonyl (C=O) groups excluding carboxylic acids is 3. The number of urea groups is 1. The molecule has 0 saturated carbocycles. The van der Waals surface area contributed by atoms with Gasteiger partial charge in [0.2, 0.25) is 0 Å². The molecule has 3 aliphatic rings. The second-order valence-corrected chi connectivity index (χ2v) is 15.7. The molecule has 314 valence electrons. The van der Waals surface area contributed by atoms with E-state index < -0.39 is 72.0 Å². The number of carbonyl (C=O) groups is 3. The van der Waals surface area contributed by atoms with Crippen LogP contribution in [-0.2, 0) is 21.6 Å². The first-order valence-corrected chi connectivity index (χ1v) is 19.3. The average molecular weight is 812 g/mol. The van der Waals surface area contributed by atoms with Crippen molar-refractivity contribution in [1.29, 1.82) is 0 Å². The van der Waals surface area contributed by atoms with Gasteiger partial charge in [-0.2, -0.15) is 0 Å². The Morgan fingerprint density at radius 1 is 0.914 bits per heavy atom. The SMILES string of the molecule is CN(C(=O)N1CC(c2cc(F)ccc2F)=C[C@@]1(CO)c1ccccc1)[C@H]1CCNC[C@@H]1F.CN(C(=O)OC(C)(C)C)[C@H]1CCN(C(=O)OCc2ccccc2)C[C@@H]1F. The van der Waals surface area contributed by atoms with Crippen LogP contribution in [0.2, 0.25) is 0 Å². The Morgan fingerprint density at radius 2 is 1.57 bits per heavy atom. The summed E-state index contributed by atoms with van der Waals surface area (Å²) in [7, 11) is 3.06. The minimum absolute atomic E-state index is 0.0296. The molecule has 2 N–H and O–H groups in total. The monoisotopic (exact) mass is 811 g/mol. The lowest BCUT2D eigenvalue weighted by atomic mass is 9.89. The van der Waals surface area contributed by atoms with Crippen molar-refractivity contribution in [2.24, 2.45) is 0 Å². The van der Waals surface area contributed by atoms with Crippen molar-refractivity contribution in [2.75, 3.05) is 53.4 Å². The number of rotatable bonds is 7. The summed E-state index contributed by atoms with van der Waals surface area (Å²) in [6, 6.07) is 19.6. The summed E-state index contributed by atoms with van der Waals surface area (Å²) in [5, 5.41) is 13.5. The normalized spacial score (nSPS) is 23.2. The third-order valence-corrected chi connectivity index (χ3v) is 10.6. The summed E-state index contributed by atoms with van der Waals surface area (Å²) in [5.41, 5.74) is -0.0283. The molecule has 0 unspecified atom stereocenters. The van der Waals surface area contributed by atoms with E-state index in [-0.39, 0.29) is 31.8 Å². The van der Waals surface area contributed by atoms with Gasteiger partial charge < -0.3 is 39.5 Å². The van der Waals surface area contributed by atoms with E-state index in [1.165, 1.54) is 26.6 Å². The molecule has 6 rings (SSSR count). The zero-order chi connectivity index (χ0) is 42.2. The molecule has 4 amide bonds. The van der Waals surface area contributed by atoms with Gasteiger partial charge in [-0.15, -0.1) is 0 Å². The van der Waals surface area contributed by atoms with Gasteiger partial charge in [0.15, 0.2) is 0 Å². The lowest BCUT2D eigenvalue weighted by Crippen LogP contribution is -2.58. The zero-order valence-electron chi connectivity index (χ0n) is 33.5. The molecule has 0 radical (unpaired) electrons. The number of nitrogens with one attached hydrogen (secondary N) is 1. The predicted molar refractivity (Wildman–Crippen MR) is 211 cm³/mol. The Labute approximate surface area is 337 Å². The highest BCUT2D eigenvalue weighted by Gasteiger charge is 2.47. The number of hydrogen-bond donors (Lipinski definition) is 2. The third-order valence-electron chi connectivity index (χ3n) is 10.6. The summed E-state index contributed by atoms with van der Waals surface area (Å²) in [5.74, 6) is -1.23. The van der Waals surface area contributed by atoms with E-state index in [4.69, 9.17) is 9.47 Å². The van der Waals surface area contributed by atoms with Gasteiger partial charge in [-0.05, 0) is 81.1 Å². The van der Waals surface area contributed by atoms with E-state index in [1.54, 1.807) is 64.2 Å². The van der Waals surface area contributed by atoms with Crippen molar-refractivity contribution in [3.8, 4) is 0 Å². The highest BCUT2D eigenvalue weighted by atomic mass is 19.1. The van der Waals surface area contributed by atoms with Crippen molar-refractivity contribution >= 4 is 23.8 Å². The summed E-state index contributed by atoms with van der Waals surface area (Å²) in [6.45, 7) is 5.87. The Hall–Kier alpha value is -5.15. The second kappa shape index (κ2) is 19.1. The number of piperidine rings is 2. The number of nitrogens with zero attached hydrogens (tertiary/aromatic N) is 4. The lowest BCUT2D eigenvalue weighted by Gasteiger charge is -2.42. The third kappa shape index (κ3) is 10.5. The van der Waals surface area contributed by atoms with Crippen LogP contribution >= 0.6 is 0 Å². The van der Waals surface area contributed by atoms with Gasteiger partial charge in [0.05, 0.1) is 25.2 Å². The van der Waals surface area contributed by atoms with Crippen LogP contribution in [0.25, 0.3) is 5.57 Å². The fraction of sp³-hybridized carbons (Fsp3) is 0.465. The molecule has 58 heavy (non-hydrogen) atoms. The molecule has 3 heterocycles. The molecule has 3 aliphatic heterocycles. The maximum atomic E-state index is 14.6. The molecule has 2 fully saturated rings. The number of benzene rings is 3. The van der Waals surface area contributed by atoms with Crippen LogP contribution < -0.4 is 5.32 Å². The molecule has 5 atom stereocenters. The summed E-state index contributed by atoms with van der Waals surface area (Å²) in [4.78, 5) is 43.3. The fourth-order valence-electron chi connectivity index (χ4n) is 7.41. The van der Waals surface area contributed by atoms with E-state index in [9.17, 15) is 37.1 Å². The van der Waals surface area contributed by atoms with Crippen LogP contribution in [0, 0.1) is 11.6 Å². The molecular weight excluding hydrogens is 758 g/mol. The zero-order valence-corrected chi connectivity index (χ0v) is 33.5. The quantitative estimate of drug-likeness (QED) is 0.250. The molecule has 2 saturated heterocycles. The molecule has 0 aromatic heterocycles. The Morgan fingerprint density at radius 3 is 2.19 bits per heavy atom. The van der Waals surface area contributed by atoms with E-state index in [0.717, 1.165) is 23.8 Å². The first kappa shape index (κ1) is 44.0. The van der Waals surface area contributed by atoms with Crippen LogP contribution in [0.3, 0.4) is 0 Å². The highest BCUT2D eigenvalue weighted by Crippen LogP contribution is 2.41. The van der Waals surface area contributed by atoms with E-state index in [2.05, 4.69) is 5.32 Å². The lowest BCUT2D eigenvalue weighted by molar-refractivity contribution is -0.00299. The highest BCUT2D eigenvalue weighted by molar-refractivity contribution is 5.84. The van der Waals surface area contributed by atoms with Crippen molar-refractivity contribution in [3.05, 3.63) is 113 Å². The average Bonchev–Trinajstić information content (AvgIpc) is 3.61. The largest absolute Gasteiger partial charge is 0.445 e. The van der Waals surface area contributed by atoms with E-state index >= 15 is 0 Å². The van der Waals surface area contributed by atoms with Gasteiger partial charge in [0.1, 0.15) is 41.7 Å². The number of aliphatic hydroxyl groups excluding tert-OH is 1. The molecular formula is C43H53F4N5O6. The number of halogens is 4. The van der Waals surface area contributed by atoms with Gasteiger partial charge in [-0.1, -0.05) is 60.7 Å². The van der Waals surface area contributed by atoms with Gasteiger partial charge in [-0.3, -0.25) is 0 Å². The van der Waals surface area contributed by atoms with Crippen molar-refractivity contribution < 1.29 is 46.5 Å². The molecule has 3 aromatic rings. The molecule has 0 spiro atoms. The van der Waals surface area contributed by atoms with Gasteiger partial charge in [0, 0.05) is 39.3 Å². The second-order valence-electron chi connectivity index (χ2n) is 15.7. The van der Waals surface area contributed by atoms with Crippen molar-refractivity contribution in [1.82, 2.24) is 24.9 Å². The Kier molecular flexibility index (Phi) is 14.5. The molecule has 0 aliphatic carbocycles. The summed E-state index contributed by atoms with van der Waals surface area (Å²) >= 11 is 0. The van der Waals surface area contributed by atoms with E-state index in [0.29, 0.717) is 37.1 Å². The van der Waals surface area contributed by atoms with Crippen molar-refractivity contribution in [2.45, 2.75) is 75.8 Å². The maximum absolute atomic E-state index is 14.6. The Bertz CT molecular complexity index is 1900. The summed E-state index contributed by atoms with van der Waals surface area (Å²) < 4.78 is 68.1. The number of alkyl halides is 2. The van der Waals surface area contributed by atoms with Gasteiger partial charge in [-0.25, -0.2) is 31.9 Å². The van der Waals surface area contributed by atoms with Gasteiger partial charge >= 0.3 is 18.2 Å². The number of ether oxygens (including phenoxy) is 2. The molecule has 15 heteroatoms. The standard InChI is InChI=1S/C24H26F3N3O2.C19H27FN2O4/c1-29(22-9-10-28-13-21(22)27)23(32)30-14-16(19-11-18(25)7-8-20(19)26)12-24(30,15-31)17-5-3-2-4-6-17;1-19(2,3)26-17(23)21(4)16-10-11-22(12-15(16)20)18(24)25-13-14-8-6-5-7-9-14/h2-8,11-12,21-22,28,31H,9-10,13-15H2,1H3;5-9,15-16H,10-13H2,1-4H3/t21-,22-,24+;15-,16-/m00/s1.